The monoisotopic (exact) mass is 399 g/mol. The summed E-state index contributed by atoms with van der Waals surface area (Å²) in [5.74, 6) is -0.341. The van der Waals surface area contributed by atoms with Crippen LogP contribution in [0, 0.1) is 5.92 Å². The lowest BCUT2D eigenvalue weighted by molar-refractivity contribution is -0.135. The maximum absolute atomic E-state index is 13.0. The van der Waals surface area contributed by atoms with Gasteiger partial charge in [-0.2, -0.15) is 0 Å². The SMILES string of the molecule is CN(C)S(=O)(=O)c1ccsc1C(=O)N1CCCC(C(=O)N2CCCC2)C1. The van der Waals surface area contributed by atoms with Gasteiger partial charge < -0.3 is 9.80 Å². The Bertz CT molecular complexity index is 782. The average Bonchev–Trinajstić information content (AvgIpc) is 3.32. The first-order chi connectivity index (χ1) is 12.3. The highest BCUT2D eigenvalue weighted by atomic mass is 32.2. The molecule has 0 bridgehead atoms. The number of nitrogens with zero attached hydrogens (tertiary/aromatic N) is 3. The van der Waals surface area contributed by atoms with Gasteiger partial charge in [-0.05, 0) is 37.1 Å². The second-order valence-corrected chi connectivity index (χ2v) is 10.1. The van der Waals surface area contributed by atoms with Crippen LogP contribution in [0.4, 0.5) is 0 Å². The molecule has 1 aromatic rings. The molecule has 2 amide bonds. The maximum atomic E-state index is 13.0. The highest BCUT2D eigenvalue weighted by molar-refractivity contribution is 7.89. The summed E-state index contributed by atoms with van der Waals surface area (Å²) in [7, 11) is -0.767. The normalized spacial score (nSPS) is 21.4. The van der Waals surface area contributed by atoms with Crippen molar-refractivity contribution in [3.63, 3.8) is 0 Å². The Morgan fingerprint density at radius 3 is 2.42 bits per heavy atom. The van der Waals surface area contributed by atoms with Gasteiger partial charge in [0.1, 0.15) is 9.77 Å². The number of hydrogen-bond donors (Lipinski definition) is 0. The fourth-order valence-electron chi connectivity index (χ4n) is 3.56. The van der Waals surface area contributed by atoms with E-state index in [0.717, 1.165) is 54.4 Å². The fraction of sp³-hybridized carbons (Fsp3) is 0.647. The Morgan fingerprint density at radius 1 is 1.12 bits per heavy atom. The molecule has 7 nitrogen and oxygen atoms in total. The highest BCUT2D eigenvalue weighted by Gasteiger charge is 2.35. The van der Waals surface area contributed by atoms with Crippen molar-refractivity contribution < 1.29 is 18.0 Å². The van der Waals surface area contributed by atoms with Crippen LogP contribution in [0.2, 0.25) is 0 Å². The number of hydrogen-bond acceptors (Lipinski definition) is 5. The van der Waals surface area contributed by atoms with Gasteiger partial charge in [0.05, 0.1) is 5.92 Å². The first-order valence-corrected chi connectivity index (χ1v) is 11.2. The second-order valence-electron chi connectivity index (χ2n) is 7.02. The Morgan fingerprint density at radius 2 is 1.77 bits per heavy atom. The van der Waals surface area contributed by atoms with Crippen LogP contribution in [0.1, 0.15) is 35.4 Å². The van der Waals surface area contributed by atoms with Crippen LogP contribution < -0.4 is 0 Å². The summed E-state index contributed by atoms with van der Waals surface area (Å²) >= 11 is 1.14. The van der Waals surface area contributed by atoms with Crippen LogP contribution in [0.5, 0.6) is 0 Å². The number of amides is 2. The molecular weight excluding hydrogens is 374 g/mol. The Hall–Kier alpha value is -1.45. The zero-order valence-corrected chi connectivity index (χ0v) is 16.8. The van der Waals surface area contributed by atoms with Crippen LogP contribution in [0.15, 0.2) is 16.3 Å². The molecule has 2 fully saturated rings. The number of rotatable bonds is 4. The van der Waals surface area contributed by atoms with Crippen molar-refractivity contribution in [2.24, 2.45) is 5.92 Å². The Balaban J connectivity index is 1.76. The molecule has 0 aromatic carbocycles. The molecule has 3 heterocycles. The molecule has 1 unspecified atom stereocenters. The van der Waals surface area contributed by atoms with Crippen molar-refractivity contribution in [2.75, 3.05) is 40.3 Å². The predicted molar refractivity (Wildman–Crippen MR) is 99.6 cm³/mol. The smallest absolute Gasteiger partial charge is 0.265 e. The molecule has 2 aliphatic heterocycles. The molecule has 0 spiro atoms. The van der Waals surface area contributed by atoms with Crippen molar-refractivity contribution in [3.05, 3.63) is 16.3 Å². The number of likely N-dealkylation sites (tertiary alicyclic amines) is 2. The molecule has 3 rings (SSSR count). The van der Waals surface area contributed by atoms with E-state index < -0.39 is 10.0 Å². The summed E-state index contributed by atoms with van der Waals surface area (Å²) in [6.45, 7) is 2.54. The molecule has 0 saturated carbocycles. The van der Waals surface area contributed by atoms with E-state index in [-0.39, 0.29) is 27.5 Å². The molecule has 0 N–H and O–H groups in total. The maximum Gasteiger partial charge on any atom is 0.265 e. The van der Waals surface area contributed by atoms with E-state index in [9.17, 15) is 18.0 Å². The highest BCUT2D eigenvalue weighted by Crippen LogP contribution is 2.28. The quantitative estimate of drug-likeness (QED) is 0.768. The number of thiophene rings is 1. The second kappa shape index (κ2) is 7.66. The number of piperidine rings is 1. The van der Waals surface area contributed by atoms with Gasteiger partial charge in [0.15, 0.2) is 0 Å². The summed E-state index contributed by atoms with van der Waals surface area (Å²) in [6.07, 6.45) is 3.63. The van der Waals surface area contributed by atoms with E-state index in [0.29, 0.717) is 13.1 Å². The molecule has 9 heteroatoms. The zero-order chi connectivity index (χ0) is 18.9. The first-order valence-electron chi connectivity index (χ1n) is 8.90. The standard InChI is InChI=1S/C17H25N3O4S2/c1-18(2)26(23,24)14-7-11-25-15(14)17(22)20-10-5-6-13(12-20)16(21)19-8-3-4-9-19/h7,11,13H,3-6,8-10,12H2,1-2H3. The summed E-state index contributed by atoms with van der Waals surface area (Å²) in [5.41, 5.74) is 0. The van der Waals surface area contributed by atoms with Crippen molar-refractivity contribution in [3.8, 4) is 0 Å². The first kappa shape index (κ1) is 19.3. The van der Waals surface area contributed by atoms with Crippen molar-refractivity contribution in [1.82, 2.24) is 14.1 Å². The lowest BCUT2D eigenvalue weighted by Gasteiger charge is -2.34. The number of carbonyl (C=O) groups is 2. The largest absolute Gasteiger partial charge is 0.342 e. The molecule has 0 aliphatic carbocycles. The zero-order valence-electron chi connectivity index (χ0n) is 15.2. The van der Waals surface area contributed by atoms with Crippen molar-refractivity contribution >= 4 is 33.2 Å². The van der Waals surface area contributed by atoms with Gasteiger partial charge in [-0.25, -0.2) is 12.7 Å². The summed E-state index contributed by atoms with van der Waals surface area (Å²) in [4.78, 5) is 29.4. The van der Waals surface area contributed by atoms with E-state index in [1.54, 1.807) is 10.3 Å². The fourth-order valence-corrected chi connectivity index (χ4v) is 5.81. The van der Waals surface area contributed by atoms with E-state index in [4.69, 9.17) is 0 Å². The van der Waals surface area contributed by atoms with Gasteiger partial charge in [-0.15, -0.1) is 11.3 Å². The lowest BCUT2D eigenvalue weighted by atomic mass is 9.96. The van der Waals surface area contributed by atoms with Crippen LogP contribution in [-0.4, -0.2) is 74.6 Å². The van der Waals surface area contributed by atoms with Gasteiger partial charge in [0, 0.05) is 40.3 Å². The third-order valence-corrected chi connectivity index (χ3v) is 7.95. The molecule has 2 aliphatic rings. The van der Waals surface area contributed by atoms with E-state index in [1.165, 1.54) is 20.2 Å². The van der Waals surface area contributed by atoms with Crippen LogP contribution in [0.25, 0.3) is 0 Å². The minimum atomic E-state index is -3.67. The van der Waals surface area contributed by atoms with Gasteiger partial charge in [0.2, 0.25) is 15.9 Å². The number of carbonyl (C=O) groups excluding carboxylic acids is 2. The van der Waals surface area contributed by atoms with Gasteiger partial charge in [-0.3, -0.25) is 9.59 Å². The lowest BCUT2D eigenvalue weighted by Crippen LogP contribution is -2.46. The third-order valence-electron chi connectivity index (χ3n) is 5.06. The molecule has 1 aromatic heterocycles. The van der Waals surface area contributed by atoms with Crippen molar-refractivity contribution in [1.29, 1.82) is 0 Å². The molecule has 1 atom stereocenters. The molecule has 2 saturated heterocycles. The molecule has 26 heavy (non-hydrogen) atoms. The van der Waals surface area contributed by atoms with Gasteiger partial charge >= 0.3 is 0 Å². The minimum absolute atomic E-state index is 0.0468. The van der Waals surface area contributed by atoms with Crippen LogP contribution in [-0.2, 0) is 14.8 Å². The third kappa shape index (κ3) is 3.65. The molecular formula is C17H25N3O4S2. The van der Waals surface area contributed by atoms with Crippen LogP contribution >= 0.6 is 11.3 Å². The minimum Gasteiger partial charge on any atom is -0.342 e. The predicted octanol–water partition coefficient (Wildman–Crippen LogP) is 1.47. The van der Waals surface area contributed by atoms with Crippen molar-refractivity contribution in [2.45, 2.75) is 30.6 Å². The van der Waals surface area contributed by atoms with E-state index >= 15 is 0 Å². The van der Waals surface area contributed by atoms with Gasteiger partial charge in [0.25, 0.3) is 5.91 Å². The Kier molecular flexibility index (Phi) is 5.69. The topological polar surface area (TPSA) is 78.0 Å². The average molecular weight is 400 g/mol. The molecule has 144 valence electrons. The summed E-state index contributed by atoms with van der Waals surface area (Å²) in [6, 6.07) is 1.48. The summed E-state index contributed by atoms with van der Waals surface area (Å²) < 4.78 is 26.0. The van der Waals surface area contributed by atoms with E-state index in [1.807, 2.05) is 4.90 Å². The Labute approximate surface area is 158 Å². The van der Waals surface area contributed by atoms with E-state index in [2.05, 4.69) is 0 Å². The van der Waals surface area contributed by atoms with Crippen LogP contribution in [0.3, 0.4) is 0 Å². The summed E-state index contributed by atoms with van der Waals surface area (Å²) in [5, 5.41) is 1.63. The van der Waals surface area contributed by atoms with Gasteiger partial charge in [-0.1, -0.05) is 0 Å². The molecule has 0 radical (unpaired) electrons. The number of sulfonamides is 1.